The minimum atomic E-state index is -3.14. The van der Waals surface area contributed by atoms with E-state index in [1.807, 2.05) is 0 Å². The second-order valence-electron chi connectivity index (χ2n) is 5.79. The fourth-order valence-corrected chi connectivity index (χ4v) is 5.35. The van der Waals surface area contributed by atoms with Crippen LogP contribution in [0.4, 0.5) is 5.69 Å². The van der Waals surface area contributed by atoms with Crippen molar-refractivity contribution < 1.29 is 8.42 Å². The van der Waals surface area contributed by atoms with Gasteiger partial charge in [0.2, 0.25) is 0 Å². The summed E-state index contributed by atoms with van der Waals surface area (Å²) in [4.78, 5) is 0.416. The van der Waals surface area contributed by atoms with Crippen LogP contribution in [0, 0.1) is 17.8 Å². The number of nitrogen functional groups attached to an aromatic ring is 1. The second-order valence-corrected chi connectivity index (χ2v) is 7.82. The quantitative estimate of drug-likeness (QED) is 0.854. The Hall–Kier alpha value is -1.03. The number of rotatable bonds is 3. The summed E-state index contributed by atoms with van der Waals surface area (Å²) in [6, 6.07) is 6.57. The molecule has 2 fully saturated rings. The molecule has 0 saturated heterocycles. The molecule has 2 aliphatic carbocycles. The van der Waals surface area contributed by atoms with Crippen molar-refractivity contribution in [3.05, 3.63) is 24.3 Å². The molecule has 3 nitrogen and oxygen atoms in total. The molecule has 0 spiro atoms. The predicted molar refractivity (Wildman–Crippen MR) is 71.8 cm³/mol. The van der Waals surface area contributed by atoms with Crippen molar-refractivity contribution in [2.45, 2.75) is 30.6 Å². The molecule has 4 heteroatoms. The van der Waals surface area contributed by atoms with E-state index in [9.17, 15) is 8.42 Å². The molecule has 2 bridgehead atoms. The Labute approximate surface area is 108 Å². The third-order valence-corrected chi connectivity index (χ3v) is 6.41. The SMILES string of the molecule is Nc1ccc(S(=O)(=O)CC2CC3CCC2C3)cc1. The molecular weight excluding hydrogens is 246 g/mol. The number of fused-ring (bicyclic) bond motifs is 2. The molecule has 2 N–H and O–H groups in total. The molecule has 98 valence electrons. The highest BCUT2D eigenvalue weighted by Gasteiger charge is 2.41. The molecule has 0 heterocycles. The maximum atomic E-state index is 12.3. The smallest absolute Gasteiger partial charge is 0.178 e. The molecule has 3 rings (SSSR count). The average Bonchev–Trinajstić information content (AvgIpc) is 2.91. The zero-order valence-corrected chi connectivity index (χ0v) is 11.2. The first kappa shape index (κ1) is 12.0. The van der Waals surface area contributed by atoms with Gasteiger partial charge in [-0.2, -0.15) is 0 Å². The van der Waals surface area contributed by atoms with Gasteiger partial charge in [0.15, 0.2) is 9.84 Å². The highest BCUT2D eigenvalue weighted by Crippen LogP contribution is 2.49. The Morgan fingerprint density at radius 2 is 1.83 bits per heavy atom. The lowest BCUT2D eigenvalue weighted by molar-refractivity contribution is 0.360. The Bertz CT molecular complexity index is 535. The zero-order chi connectivity index (χ0) is 12.8. The minimum absolute atomic E-state index is 0.318. The van der Waals surface area contributed by atoms with Crippen LogP contribution in [0.1, 0.15) is 25.7 Å². The van der Waals surface area contributed by atoms with Crippen LogP contribution in [0.5, 0.6) is 0 Å². The Morgan fingerprint density at radius 1 is 1.11 bits per heavy atom. The number of anilines is 1. The van der Waals surface area contributed by atoms with E-state index in [4.69, 9.17) is 5.73 Å². The fourth-order valence-electron chi connectivity index (χ4n) is 3.63. The largest absolute Gasteiger partial charge is 0.399 e. The first-order valence-corrected chi connectivity index (χ1v) is 8.28. The van der Waals surface area contributed by atoms with Gasteiger partial charge in [0.1, 0.15) is 0 Å². The number of benzene rings is 1. The van der Waals surface area contributed by atoms with Crippen LogP contribution < -0.4 is 5.73 Å². The van der Waals surface area contributed by atoms with Crippen molar-refractivity contribution >= 4 is 15.5 Å². The normalized spacial score (nSPS) is 30.8. The van der Waals surface area contributed by atoms with E-state index >= 15 is 0 Å². The van der Waals surface area contributed by atoms with Crippen LogP contribution in [-0.4, -0.2) is 14.2 Å². The van der Waals surface area contributed by atoms with Crippen LogP contribution in [-0.2, 0) is 9.84 Å². The van der Waals surface area contributed by atoms with E-state index in [-0.39, 0.29) is 0 Å². The van der Waals surface area contributed by atoms with Gasteiger partial charge < -0.3 is 5.73 Å². The van der Waals surface area contributed by atoms with E-state index in [0.29, 0.717) is 28.2 Å². The average molecular weight is 265 g/mol. The molecule has 1 aromatic rings. The van der Waals surface area contributed by atoms with E-state index < -0.39 is 9.84 Å². The lowest BCUT2D eigenvalue weighted by Gasteiger charge is -2.21. The maximum Gasteiger partial charge on any atom is 0.178 e. The van der Waals surface area contributed by atoms with Crippen molar-refractivity contribution in [2.24, 2.45) is 17.8 Å². The molecular formula is C14H19NO2S. The van der Waals surface area contributed by atoms with Gasteiger partial charge in [0.25, 0.3) is 0 Å². The third kappa shape index (κ3) is 2.14. The molecule has 2 saturated carbocycles. The van der Waals surface area contributed by atoms with Gasteiger partial charge in [-0.05, 0) is 61.3 Å². The van der Waals surface area contributed by atoms with Crippen LogP contribution in [0.15, 0.2) is 29.2 Å². The van der Waals surface area contributed by atoms with Crippen LogP contribution >= 0.6 is 0 Å². The van der Waals surface area contributed by atoms with Crippen molar-refractivity contribution in [3.8, 4) is 0 Å². The molecule has 0 aliphatic heterocycles. The summed E-state index contributed by atoms with van der Waals surface area (Å²) in [6.45, 7) is 0. The molecule has 0 radical (unpaired) electrons. The predicted octanol–water partition coefficient (Wildman–Crippen LogP) is 2.48. The summed E-state index contributed by atoms with van der Waals surface area (Å²) in [5.41, 5.74) is 6.19. The monoisotopic (exact) mass is 265 g/mol. The summed E-state index contributed by atoms with van der Waals surface area (Å²) >= 11 is 0. The molecule has 0 amide bonds. The number of nitrogens with two attached hydrogens (primary N) is 1. The summed E-state index contributed by atoms with van der Waals surface area (Å²) in [7, 11) is -3.14. The topological polar surface area (TPSA) is 60.2 Å². The van der Waals surface area contributed by atoms with Crippen molar-refractivity contribution in [1.82, 2.24) is 0 Å². The Balaban J connectivity index is 1.77. The third-order valence-electron chi connectivity index (χ3n) is 4.56. The summed E-state index contributed by atoms with van der Waals surface area (Å²) in [5, 5.41) is 0. The van der Waals surface area contributed by atoms with E-state index in [0.717, 1.165) is 12.3 Å². The van der Waals surface area contributed by atoms with Crippen LogP contribution in [0.25, 0.3) is 0 Å². The van der Waals surface area contributed by atoms with Gasteiger partial charge in [-0.3, -0.25) is 0 Å². The van der Waals surface area contributed by atoms with Gasteiger partial charge in [0.05, 0.1) is 10.6 Å². The van der Waals surface area contributed by atoms with Crippen molar-refractivity contribution in [1.29, 1.82) is 0 Å². The molecule has 18 heavy (non-hydrogen) atoms. The first-order chi connectivity index (χ1) is 8.54. The molecule has 2 aliphatic rings. The number of hydrogen-bond acceptors (Lipinski definition) is 3. The van der Waals surface area contributed by atoms with Crippen molar-refractivity contribution in [3.63, 3.8) is 0 Å². The molecule has 3 unspecified atom stereocenters. The summed E-state index contributed by atoms with van der Waals surface area (Å²) in [5.74, 6) is 2.14. The van der Waals surface area contributed by atoms with E-state index in [1.54, 1.807) is 24.3 Å². The van der Waals surface area contributed by atoms with Crippen molar-refractivity contribution in [2.75, 3.05) is 11.5 Å². The fraction of sp³-hybridized carbons (Fsp3) is 0.571. The van der Waals surface area contributed by atoms with Gasteiger partial charge in [-0.15, -0.1) is 0 Å². The van der Waals surface area contributed by atoms with Crippen LogP contribution in [0.3, 0.4) is 0 Å². The lowest BCUT2D eigenvalue weighted by Crippen LogP contribution is -2.21. The van der Waals surface area contributed by atoms with Gasteiger partial charge in [0, 0.05) is 5.69 Å². The van der Waals surface area contributed by atoms with E-state index in [2.05, 4.69) is 0 Å². The zero-order valence-electron chi connectivity index (χ0n) is 10.4. The standard InChI is InChI=1S/C14H19NO2S/c15-13-3-5-14(6-4-13)18(16,17)9-12-8-10-1-2-11(12)7-10/h3-6,10-12H,1-2,7-9,15H2. The maximum absolute atomic E-state index is 12.3. The first-order valence-electron chi connectivity index (χ1n) is 6.63. The molecule has 3 atom stereocenters. The van der Waals surface area contributed by atoms with E-state index in [1.165, 1.54) is 19.3 Å². The lowest BCUT2D eigenvalue weighted by atomic mass is 9.90. The second kappa shape index (κ2) is 4.26. The summed E-state index contributed by atoms with van der Waals surface area (Å²) in [6.07, 6.45) is 4.90. The Morgan fingerprint density at radius 3 is 2.39 bits per heavy atom. The molecule has 0 aromatic heterocycles. The van der Waals surface area contributed by atoms with Gasteiger partial charge >= 0.3 is 0 Å². The number of hydrogen-bond donors (Lipinski definition) is 1. The summed E-state index contributed by atoms with van der Waals surface area (Å²) < 4.78 is 24.7. The van der Waals surface area contributed by atoms with Crippen LogP contribution in [0.2, 0.25) is 0 Å². The molecule has 1 aromatic carbocycles. The highest BCUT2D eigenvalue weighted by molar-refractivity contribution is 7.91. The van der Waals surface area contributed by atoms with Gasteiger partial charge in [-0.25, -0.2) is 8.42 Å². The Kier molecular flexibility index (Phi) is 2.85. The minimum Gasteiger partial charge on any atom is -0.399 e. The number of sulfone groups is 1. The van der Waals surface area contributed by atoms with Gasteiger partial charge in [-0.1, -0.05) is 6.42 Å². The highest BCUT2D eigenvalue weighted by atomic mass is 32.2.